The summed E-state index contributed by atoms with van der Waals surface area (Å²) in [5.41, 5.74) is 3.71. The van der Waals surface area contributed by atoms with Crippen LogP contribution < -0.4 is 15.4 Å². The van der Waals surface area contributed by atoms with Gasteiger partial charge >= 0.3 is 0 Å². The first-order valence-electron chi connectivity index (χ1n) is 15.4. The summed E-state index contributed by atoms with van der Waals surface area (Å²) in [5, 5.41) is 5.59. The smallest absolute Gasteiger partial charge is 0.262 e. The molecule has 2 aromatic carbocycles. The Balaban J connectivity index is 1.34. The fraction of sp³-hybridized carbons (Fsp3) is 0.389. The van der Waals surface area contributed by atoms with Crippen molar-refractivity contribution in [2.75, 3.05) is 13.7 Å². The van der Waals surface area contributed by atoms with Crippen molar-refractivity contribution in [2.24, 2.45) is 0 Å². The molecule has 44 heavy (non-hydrogen) atoms. The molecule has 0 aliphatic rings. The largest absolute Gasteiger partial charge is 0.494 e. The zero-order chi connectivity index (χ0) is 31.5. The van der Waals surface area contributed by atoms with Crippen molar-refractivity contribution in [3.63, 3.8) is 0 Å². The topological polar surface area (TPSA) is 93.2 Å². The third-order valence-corrected chi connectivity index (χ3v) is 8.96. The van der Waals surface area contributed by atoms with Crippen LogP contribution in [0, 0.1) is 0 Å². The van der Waals surface area contributed by atoms with E-state index in [2.05, 4.69) is 48.3 Å². The van der Waals surface area contributed by atoms with Crippen molar-refractivity contribution in [2.45, 2.75) is 77.7 Å². The first-order valence-corrected chi connectivity index (χ1v) is 16.3. The number of aromatic nitrogens is 2. The number of carbonyl (C=O) groups excluding carboxylic acids is 2. The van der Waals surface area contributed by atoms with E-state index in [0.717, 1.165) is 45.9 Å². The van der Waals surface area contributed by atoms with E-state index < -0.39 is 6.04 Å². The van der Waals surface area contributed by atoms with Crippen LogP contribution in [0.5, 0.6) is 5.75 Å². The first kappa shape index (κ1) is 32.9. The molecule has 0 saturated heterocycles. The molecular formula is C36H44N4O3S. The van der Waals surface area contributed by atoms with Gasteiger partial charge in [0, 0.05) is 41.9 Å². The molecule has 2 amide bonds. The molecule has 0 radical (unpaired) electrons. The summed E-state index contributed by atoms with van der Waals surface area (Å²) in [6.07, 6.45) is 10.1. The molecule has 0 saturated carbocycles. The molecular weight excluding hydrogens is 568 g/mol. The molecule has 0 aliphatic carbocycles. The van der Waals surface area contributed by atoms with Crippen LogP contribution in [0.15, 0.2) is 73.1 Å². The number of benzene rings is 2. The summed E-state index contributed by atoms with van der Waals surface area (Å²) in [7, 11) is 1.58. The Kier molecular flexibility index (Phi) is 11.7. The van der Waals surface area contributed by atoms with Crippen molar-refractivity contribution in [3.05, 3.63) is 88.4 Å². The third-order valence-electron chi connectivity index (χ3n) is 7.45. The van der Waals surface area contributed by atoms with Gasteiger partial charge in [0.15, 0.2) is 5.82 Å². The Hall–Kier alpha value is -4.04. The number of rotatable bonds is 14. The maximum Gasteiger partial charge on any atom is 0.262 e. The minimum Gasteiger partial charge on any atom is -0.494 e. The summed E-state index contributed by atoms with van der Waals surface area (Å²) in [4.78, 5) is 36.5. The summed E-state index contributed by atoms with van der Waals surface area (Å²) in [5.74, 6) is 1.01. The Bertz CT molecular complexity index is 1490. The molecule has 8 heteroatoms. The van der Waals surface area contributed by atoms with Gasteiger partial charge < -0.3 is 15.4 Å². The zero-order valence-corrected chi connectivity index (χ0v) is 27.3. The fourth-order valence-electron chi connectivity index (χ4n) is 4.77. The molecule has 0 aliphatic heterocycles. The predicted molar refractivity (Wildman–Crippen MR) is 179 cm³/mol. The van der Waals surface area contributed by atoms with Crippen LogP contribution in [0.25, 0.3) is 22.5 Å². The number of nitrogens with zero attached hydrogens (tertiary/aromatic N) is 2. The molecule has 4 rings (SSSR count). The highest BCUT2D eigenvalue weighted by Gasteiger charge is 2.24. The van der Waals surface area contributed by atoms with E-state index >= 15 is 0 Å². The lowest BCUT2D eigenvalue weighted by atomic mass is 9.95. The fourth-order valence-corrected chi connectivity index (χ4v) is 5.73. The van der Waals surface area contributed by atoms with Crippen molar-refractivity contribution in [1.82, 2.24) is 20.6 Å². The number of nitrogens with one attached hydrogen (secondary N) is 2. The summed E-state index contributed by atoms with van der Waals surface area (Å²) >= 11 is 1.46. The second-order valence-corrected chi connectivity index (χ2v) is 13.1. The van der Waals surface area contributed by atoms with Crippen LogP contribution in [-0.2, 0) is 16.6 Å². The van der Waals surface area contributed by atoms with E-state index in [9.17, 15) is 9.59 Å². The molecule has 2 aromatic heterocycles. The number of carbonyl (C=O) groups is 2. The van der Waals surface area contributed by atoms with Gasteiger partial charge in [-0.1, -0.05) is 89.8 Å². The summed E-state index contributed by atoms with van der Waals surface area (Å²) < 4.78 is 5.88. The number of thiophene rings is 1. The van der Waals surface area contributed by atoms with Gasteiger partial charge in [-0.3, -0.25) is 9.59 Å². The molecule has 0 fully saturated rings. The number of likely N-dealkylation sites (N-methyl/N-ethyl adjacent to an activating group) is 1. The average molecular weight is 613 g/mol. The van der Waals surface area contributed by atoms with Gasteiger partial charge in [-0.2, -0.15) is 0 Å². The van der Waals surface area contributed by atoms with E-state index in [-0.39, 0.29) is 17.2 Å². The lowest BCUT2D eigenvalue weighted by Crippen LogP contribution is -2.46. The van der Waals surface area contributed by atoms with Gasteiger partial charge in [-0.25, -0.2) is 9.97 Å². The van der Waals surface area contributed by atoms with E-state index in [0.29, 0.717) is 17.1 Å². The van der Waals surface area contributed by atoms with Crippen LogP contribution in [0.2, 0.25) is 0 Å². The molecule has 2 N–H and O–H groups in total. The van der Waals surface area contributed by atoms with Crippen molar-refractivity contribution < 1.29 is 14.3 Å². The number of unbranched alkanes of at least 4 members (excludes halogenated alkanes) is 4. The van der Waals surface area contributed by atoms with E-state index in [1.807, 2.05) is 73.1 Å². The minimum absolute atomic E-state index is 0.0388. The number of ether oxygens (including phenoxy) is 1. The van der Waals surface area contributed by atoms with Gasteiger partial charge in [-0.15, -0.1) is 11.3 Å². The molecule has 4 aromatic rings. The number of hydrogen-bond donors (Lipinski definition) is 2. The maximum atomic E-state index is 13.0. The van der Waals surface area contributed by atoms with Crippen molar-refractivity contribution in [3.8, 4) is 28.3 Å². The summed E-state index contributed by atoms with van der Waals surface area (Å²) in [6.45, 7) is 9.31. The van der Waals surface area contributed by atoms with Gasteiger partial charge in [0.05, 0.1) is 11.5 Å². The van der Waals surface area contributed by atoms with Crippen LogP contribution in [0.3, 0.4) is 0 Å². The average Bonchev–Trinajstić information content (AvgIpc) is 3.55. The SMILES string of the molecule is CCCCCCCOc1ccc(-c2cnc(-c3ccc(CC(NC(=O)c4ccc(C(C)(C)C)s4)C(=O)NC)cc3)nc2)cc1. The van der Waals surface area contributed by atoms with Crippen LogP contribution in [0.1, 0.15) is 79.9 Å². The van der Waals surface area contributed by atoms with Crippen molar-refractivity contribution >= 4 is 23.2 Å². The Morgan fingerprint density at radius 2 is 1.50 bits per heavy atom. The Labute approximate surface area is 265 Å². The van der Waals surface area contributed by atoms with Crippen LogP contribution in [0.4, 0.5) is 0 Å². The highest BCUT2D eigenvalue weighted by Crippen LogP contribution is 2.29. The van der Waals surface area contributed by atoms with Crippen LogP contribution in [-0.4, -0.2) is 41.5 Å². The summed E-state index contributed by atoms with van der Waals surface area (Å²) in [6, 6.07) is 18.9. The quantitative estimate of drug-likeness (QED) is 0.143. The third kappa shape index (κ3) is 9.23. The molecule has 1 atom stereocenters. The van der Waals surface area contributed by atoms with Gasteiger partial charge in [0.25, 0.3) is 5.91 Å². The second-order valence-electron chi connectivity index (χ2n) is 12.0. The monoisotopic (exact) mass is 612 g/mol. The van der Waals surface area contributed by atoms with E-state index in [1.165, 1.54) is 37.0 Å². The lowest BCUT2D eigenvalue weighted by Gasteiger charge is -2.18. The maximum absolute atomic E-state index is 13.0. The molecule has 1 unspecified atom stereocenters. The molecule has 232 valence electrons. The predicted octanol–water partition coefficient (Wildman–Crippen LogP) is 7.61. The molecule has 0 spiro atoms. The van der Waals surface area contributed by atoms with Gasteiger partial charge in [0.2, 0.25) is 5.91 Å². The standard InChI is InChI=1S/C36H44N4O3S/c1-6-7-8-9-10-21-43-29-17-15-26(16-18-29)28-23-38-33(39-24-28)27-13-11-25(12-14-27)22-30(34(41)37-5)40-35(42)31-19-20-32(44-31)36(2,3)4/h11-20,23-24,30H,6-10,21-22H2,1-5H3,(H,37,41)(H,40,42). The van der Waals surface area contributed by atoms with Gasteiger partial charge in [-0.05, 0) is 47.2 Å². The number of hydrogen-bond acceptors (Lipinski definition) is 6. The molecule has 2 heterocycles. The Morgan fingerprint density at radius 1 is 0.841 bits per heavy atom. The highest BCUT2D eigenvalue weighted by atomic mass is 32.1. The molecule has 0 bridgehead atoms. The first-order chi connectivity index (χ1) is 21.2. The van der Waals surface area contributed by atoms with Crippen LogP contribution >= 0.6 is 11.3 Å². The minimum atomic E-state index is -0.698. The lowest BCUT2D eigenvalue weighted by molar-refractivity contribution is -0.122. The second kappa shape index (κ2) is 15.6. The normalized spacial score (nSPS) is 12.0. The van der Waals surface area contributed by atoms with E-state index in [1.54, 1.807) is 7.05 Å². The molecule has 7 nitrogen and oxygen atoms in total. The number of amides is 2. The van der Waals surface area contributed by atoms with Crippen molar-refractivity contribution in [1.29, 1.82) is 0 Å². The highest BCUT2D eigenvalue weighted by molar-refractivity contribution is 7.14. The van der Waals surface area contributed by atoms with Gasteiger partial charge in [0.1, 0.15) is 11.8 Å². The Morgan fingerprint density at radius 3 is 2.11 bits per heavy atom. The van der Waals surface area contributed by atoms with E-state index in [4.69, 9.17) is 4.74 Å². The zero-order valence-electron chi connectivity index (χ0n) is 26.5.